The van der Waals surface area contributed by atoms with Crippen LogP contribution in [0.4, 0.5) is 0 Å². The van der Waals surface area contributed by atoms with Gasteiger partial charge in [-0.15, -0.1) is 0 Å². The Morgan fingerprint density at radius 1 is 1.73 bits per heavy atom. The Bertz CT molecular complexity index is 212. The topological polar surface area (TPSA) is 46.3 Å². The minimum absolute atomic E-state index is 0.167. The van der Waals surface area contributed by atoms with Gasteiger partial charge in [0.15, 0.2) is 0 Å². The maximum atomic E-state index is 11.0. The van der Waals surface area contributed by atoms with Crippen LogP contribution in [0.25, 0.3) is 0 Å². The molecule has 2 atom stereocenters. The Kier molecular flexibility index (Phi) is 1.66. The van der Waals surface area contributed by atoms with Crippen molar-refractivity contribution in [2.45, 2.75) is 19.9 Å². The van der Waals surface area contributed by atoms with Gasteiger partial charge in [-0.2, -0.15) is 0 Å². The number of amides is 1. The van der Waals surface area contributed by atoms with Crippen molar-refractivity contribution in [3.8, 4) is 0 Å². The van der Waals surface area contributed by atoms with Crippen LogP contribution in [0.3, 0.4) is 0 Å². The molecule has 0 aromatic heterocycles. The predicted molar refractivity (Wildman–Crippen MR) is 43.7 cm³/mol. The summed E-state index contributed by atoms with van der Waals surface area (Å²) in [5.74, 6) is -0.259. The highest BCUT2D eigenvalue weighted by Crippen LogP contribution is 2.31. The second kappa shape index (κ2) is 2.26. The third-order valence-corrected chi connectivity index (χ3v) is 2.67. The third-order valence-electron chi connectivity index (χ3n) is 2.67. The Morgan fingerprint density at radius 2 is 2.27 bits per heavy atom. The van der Waals surface area contributed by atoms with Gasteiger partial charge in [-0.25, -0.2) is 0 Å². The van der Waals surface area contributed by atoms with Gasteiger partial charge in [0.1, 0.15) is 0 Å². The molecule has 11 heavy (non-hydrogen) atoms. The Balaban J connectivity index is 2.90. The van der Waals surface area contributed by atoms with Crippen molar-refractivity contribution in [2.75, 3.05) is 7.05 Å². The smallest absolute Gasteiger partial charge is 0.229 e. The summed E-state index contributed by atoms with van der Waals surface area (Å²) < 4.78 is 0. The van der Waals surface area contributed by atoms with Crippen molar-refractivity contribution >= 4 is 5.91 Å². The van der Waals surface area contributed by atoms with Gasteiger partial charge in [0.2, 0.25) is 5.91 Å². The minimum Gasteiger partial charge on any atom is -0.377 e. The molecule has 62 valence electrons. The number of rotatable bonds is 1. The Hall–Kier alpha value is -0.990. The molecule has 0 aromatic rings. The minimum atomic E-state index is -0.491. The molecule has 3 nitrogen and oxygen atoms in total. The molecule has 1 aliphatic heterocycles. The van der Waals surface area contributed by atoms with E-state index >= 15 is 0 Å². The highest BCUT2D eigenvalue weighted by Gasteiger charge is 2.39. The van der Waals surface area contributed by atoms with Crippen LogP contribution in [0.15, 0.2) is 12.3 Å². The molecule has 3 heteroatoms. The second-order valence-electron chi connectivity index (χ2n) is 3.30. The van der Waals surface area contributed by atoms with Crippen LogP contribution in [0, 0.1) is 5.41 Å². The van der Waals surface area contributed by atoms with E-state index in [1.807, 2.05) is 38.1 Å². The maximum Gasteiger partial charge on any atom is 0.229 e. The summed E-state index contributed by atoms with van der Waals surface area (Å²) in [5.41, 5.74) is 4.78. The molecule has 1 heterocycles. The van der Waals surface area contributed by atoms with E-state index in [1.54, 1.807) is 0 Å². The zero-order chi connectivity index (χ0) is 8.65. The fourth-order valence-electron chi connectivity index (χ4n) is 1.25. The SMILES string of the molecule is CC1N(C)C=CC1(C)C(N)=O. The number of nitrogens with two attached hydrogens (primary N) is 1. The summed E-state index contributed by atoms with van der Waals surface area (Å²) in [6.45, 7) is 3.85. The highest BCUT2D eigenvalue weighted by molar-refractivity contribution is 5.83. The first-order chi connectivity index (χ1) is 4.98. The summed E-state index contributed by atoms with van der Waals surface area (Å²) in [6, 6.07) is 0.167. The van der Waals surface area contributed by atoms with Crippen LogP contribution >= 0.6 is 0 Å². The van der Waals surface area contributed by atoms with E-state index in [2.05, 4.69) is 0 Å². The average molecular weight is 154 g/mol. The molecular weight excluding hydrogens is 140 g/mol. The lowest BCUT2D eigenvalue weighted by Gasteiger charge is -2.28. The summed E-state index contributed by atoms with van der Waals surface area (Å²) in [7, 11) is 1.94. The molecule has 2 unspecified atom stereocenters. The maximum absolute atomic E-state index is 11.0. The zero-order valence-electron chi connectivity index (χ0n) is 7.16. The Morgan fingerprint density at radius 3 is 2.45 bits per heavy atom. The standard InChI is InChI=1S/C8H14N2O/c1-6-8(2,7(9)11)4-5-10(6)3/h4-6H,1-3H3,(H2,9,11). The number of hydrogen-bond donors (Lipinski definition) is 1. The largest absolute Gasteiger partial charge is 0.377 e. The third kappa shape index (κ3) is 1.00. The van der Waals surface area contributed by atoms with E-state index in [-0.39, 0.29) is 11.9 Å². The van der Waals surface area contributed by atoms with Crippen molar-refractivity contribution in [2.24, 2.45) is 11.1 Å². The molecule has 0 fully saturated rings. The monoisotopic (exact) mass is 154 g/mol. The predicted octanol–water partition coefficient (Wildman–Crippen LogP) is 0.326. The number of primary amides is 1. The van der Waals surface area contributed by atoms with Crippen molar-refractivity contribution in [3.05, 3.63) is 12.3 Å². The lowest BCUT2D eigenvalue weighted by Crippen LogP contribution is -2.43. The van der Waals surface area contributed by atoms with Crippen molar-refractivity contribution in [1.82, 2.24) is 4.90 Å². The molecule has 2 N–H and O–H groups in total. The van der Waals surface area contributed by atoms with Crippen LogP contribution in [-0.4, -0.2) is 23.9 Å². The molecule has 1 amide bonds. The van der Waals surface area contributed by atoms with Crippen LogP contribution < -0.4 is 5.73 Å². The van der Waals surface area contributed by atoms with Gasteiger partial charge >= 0.3 is 0 Å². The average Bonchev–Trinajstić information content (AvgIpc) is 2.18. The Labute approximate surface area is 66.9 Å². The number of carbonyl (C=O) groups is 1. The van der Waals surface area contributed by atoms with Gasteiger partial charge in [0.25, 0.3) is 0 Å². The van der Waals surface area contributed by atoms with E-state index in [1.165, 1.54) is 0 Å². The molecule has 0 spiro atoms. The fraction of sp³-hybridized carbons (Fsp3) is 0.625. The van der Waals surface area contributed by atoms with E-state index in [0.29, 0.717) is 0 Å². The van der Waals surface area contributed by atoms with E-state index < -0.39 is 5.41 Å². The van der Waals surface area contributed by atoms with Gasteiger partial charge in [-0.05, 0) is 20.0 Å². The van der Waals surface area contributed by atoms with Gasteiger partial charge in [0.05, 0.1) is 5.41 Å². The highest BCUT2D eigenvalue weighted by atomic mass is 16.1. The summed E-state index contributed by atoms with van der Waals surface area (Å²) in [4.78, 5) is 13.0. The van der Waals surface area contributed by atoms with Crippen molar-refractivity contribution in [1.29, 1.82) is 0 Å². The molecule has 1 rings (SSSR count). The van der Waals surface area contributed by atoms with Crippen LogP contribution in [0.5, 0.6) is 0 Å². The van der Waals surface area contributed by atoms with Crippen LogP contribution in [-0.2, 0) is 4.79 Å². The summed E-state index contributed by atoms with van der Waals surface area (Å²) in [6.07, 6.45) is 3.76. The molecule has 1 aliphatic rings. The van der Waals surface area contributed by atoms with Crippen LogP contribution in [0.1, 0.15) is 13.8 Å². The molecule has 0 saturated heterocycles. The number of carbonyl (C=O) groups excluding carboxylic acids is 1. The molecule has 0 aliphatic carbocycles. The van der Waals surface area contributed by atoms with E-state index in [9.17, 15) is 4.79 Å². The lowest BCUT2D eigenvalue weighted by atomic mass is 9.84. The van der Waals surface area contributed by atoms with Crippen LogP contribution in [0.2, 0.25) is 0 Å². The van der Waals surface area contributed by atoms with Crippen molar-refractivity contribution in [3.63, 3.8) is 0 Å². The molecule has 0 bridgehead atoms. The van der Waals surface area contributed by atoms with Gasteiger partial charge < -0.3 is 10.6 Å². The number of nitrogens with zero attached hydrogens (tertiary/aromatic N) is 1. The molecule has 0 radical (unpaired) electrons. The van der Waals surface area contributed by atoms with Crippen molar-refractivity contribution < 1.29 is 4.79 Å². The molecule has 0 aromatic carbocycles. The van der Waals surface area contributed by atoms with E-state index in [4.69, 9.17) is 5.73 Å². The van der Waals surface area contributed by atoms with Gasteiger partial charge in [-0.1, -0.05) is 6.08 Å². The zero-order valence-corrected chi connectivity index (χ0v) is 7.16. The molecule has 0 saturated carbocycles. The summed E-state index contributed by atoms with van der Waals surface area (Å²) in [5, 5.41) is 0. The lowest BCUT2D eigenvalue weighted by molar-refractivity contribution is -0.125. The first-order valence-corrected chi connectivity index (χ1v) is 3.69. The first kappa shape index (κ1) is 8.11. The number of hydrogen-bond acceptors (Lipinski definition) is 2. The normalized spacial score (nSPS) is 36.3. The first-order valence-electron chi connectivity index (χ1n) is 3.69. The fourth-order valence-corrected chi connectivity index (χ4v) is 1.25. The van der Waals surface area contributed by atoms with Gasteiger partial charge in [0, 0.05) is 13.1 Å². The van der Waals surface area contributed by atoms with E-state index in [0.717, 1.165) is 0 Å². The molecular formula is C8H14N2O. The quantitative estimate of drug-likeness (QED) is 0.591. The van der Waals surface area contributed by atoms with Gasteiger partial charge in [-0.3, -0.25) is 4.79 Å². The second-order valence-corrected chi connectivity index (χ2v) is 3.30. The summed E-state index contributed by atoms with van der Waals surface area (Å²) >= 11 is 0.